The van der Waals surface area contributed by atoms with Crippen LogP contribution < -0.4 is 10.6 Å². The number of hydrogen-bond donors (Lipinski definition) is 2. The molecule has 0 aliphatic carbocycles. The molecule has 2 aromatic heterocycles. The lowest BCUT2D eigenvalue weighted by atomic mass is 10.1. The lowest BCUT2D eigenvalue weighted by Gasteiger charge is -2.20. The van der Waals surface area contributed by atoms with Crippen LogP contribution in [0.5, 0.6) is 0 Å². The topological polar surface area (TPSA) is 216 Å². The molecule has 0 bridgehead atoms. The monoisotopic (exact) mass is 601 g/mol. The van der Waals surface area contributed by atoms with E-state index >= 15 is 0 Å². The van der Waals surface area contributed by atoms with Gasteiger partial charge in [-0.2, -0.15) is 16.8 Å². The standard InChI is InChI=1S/C24H25N8O7S2/c1-14-3-7-16(8-4-14)40(33,34)37-11-18-19(30-31-26)21(39-41(35,36)17-9-5-15(2)6-10-17)24(38-18)32-13-29-20-22(25)27-12-28-23(20)32/h3-10,12-13,18-19,21,24,26H,11H2,1-2H3,(H2,25,27,28)/q+1. The highest BCUT2D eigenvalue weighted by atomic mass is 32.2. The lowest BCUT2D eigenvalue weighted by molar-refractivity contribution is -0.0392. The van der Waals surface area contributed by atoms with Gasteiger partial charge in [-0.3, -0.25) is 12.9 Å². The van der Waals surface area contributed by atoms with Crippen LogP contribution in [0.25, 0.3) is 11.2 Å². The number of imidazole rings is 1. The zero-order valence-electron chi connectivity index (χ0n) is 21.7. The molecular formula is C24H25N8O7S2+. The first-order chi connectivity index (χ1) is 19.5. The largest absolute Gasteiger partial charge is 0.382 e. The Labute approximate surface area is 234 Å². The minimum atomic E-state index is -4.40. The summed E-state index contributed by atoms with van der Waals surface area (Å²) in [6, 6.07) is 10.7. The van der Waals surface area contributed by atoms with Crippen LogP contribution in [0.15, 0.2) is 76.1 Å². The number of anilines is 1. The van der Waals surface area contributed by atoms with E-state index in [0.29, 0.717) is 0 Å². The van der Waals surface area contributed by atoms with Crippen LogP contribution in [-0.4, -0.2) is 61.2 Å². The van der Waals surface area contributed by atoms with E-state index in [4.69, 9.17) is 24.4 Å². The molecule has 3 heterocycles. The van der Waals surface area contributed by atoms with E-state index in [1.54, 1.807) is 31.2 Å². The Bertz CT molecular complexity index is 1840. The third-order valence-electron chi connectivity index (χ3n) is 6.41. The minimum absolute atomic E-state index is 0.0722. The third-order valence-corrected chi connectivity index (χ3v) is 9.03. The van der Waals surface area contributed by atoms with Crippen LogP contribution in [0, 0.1) is 19.4 Å². The molecule has 0 saturated carbocycles. The summed E-state index contributed by atoms with van der Waals surface area (Å²) in [7, 11) is -8.63. The average molecular weight is 602 g/mol. The zero-order chi connectivity index (χ0) is 29.4. The highest BCUT2D eigenvalue weighted by Crippen LogP contribution is 2.38. The Balaban J connectivity index is 1.52. The maximum Gasteiger partial charge on any atom is 0.297 e. The maximum atomic E-state index is 13.3. The van der Waals surface area contributed by atoms with E-state index < -0.39 is 51.3 Å². The van der Waals surface area contributed by atoms with Gasteiger partial charge in [0.2, 0.25) is 4.91 Å². The van der Waals surface area contributed by atoms with Crippen LogP contribution in [0.3, 0.4) is 0 Å². The van der Waals surface area contributed by atoms with Gasteiger partial charge < -0.3 is 10.5 Å². The zero-order valence-corrected chi connectivity index (χ0v) is 23.4. The molecule has 5 rings (SSSR count). The molecule has 3 N–H and O–H groups in total. The molecule has 1 aliphatic heterocycles. The smallest absolute Gasteiger partial charge is 0.297 e. The molecule has 41 heavy (non-hydrogen) atoms. The van der Waals surface area contributed by atoms with Crippen molar-refractivity contribution in [3.8, 4) is 0 Å². The summed E-state index contributed by atoms with van der Waals surface area (Å²) in [6.07, 6.45) is -1.44. The number of fused-ring (bicyclic) bond motifs is 1. The van der Waals surface area contributed by atoms with E-state index in [-0.39, 0.29) is 26.8 Å². The lowest BCUT2D eigenvalue weighted by Crippen LogP contribution is -2.36. The number of nitrogens with one attached hydrogen (secondary N) is 1. The van der Waals surface area contributed by atoms with Gasteiger partial charge in [0.05, 0.1) is 22.7 Å². The first-order valence-electron chi connectivity index (χ1n) is 12.1. The molecule has 4 aromatic rings. The highest BCUT2D eigenvalue weighted by molar-refractivity contribution is 7.87. The van der Waals surface area contributed by atoms with Crippen LogP contribution in [0.2, 0.25) is 0 Å². The van der Waals surface area contributed by atoms with Gasteiger partial charge in [-0.05, 0) is 38.1 Å². The molecule has 4 atom stereocenters. The normalized spacial score (nSPS) is 21.1. The second kappa shape index (κ2) is 11.0. The van der Waals surface area contributed by atoms with E-state index in [2.05, 4.69) is 25.0 Å². The summed E-state index contributed by atoms with van der Waals surface area (Å²) in [5.74, 6) is 0.0722. The van der Waals surface area contributed by atoms with E-state index in [9.17, 15) is 16.8 Å². The number of aromatic nitrogens is 4. The summed E-state index contributed by atoms with van der Waals surface area (Å²) in [4.78, 5) is 15.1. The summed E-state index contributed by atoms with van der Waals surface area (Å²) in [5, 5.41) is 3.83. The van der Waals surface area contributed by atoms with Gasteiger partial charge in [0, 0.05) is 0 Å². The molecule has 1 aliphatic rings. The molecule has 1 saturated heterocycles. The van der Waals surface area contributed by atoms with Crippen molar-refractivity contribution >= 4 is 37.2 Å². The van der Waals surface area contributed by atoms with Crippen molar-refractivity contribution in [3.05, 3.63) is 72.3 Å². The van der Waals surface area contributed by atoms with Crippen molar-refractivity contribution in [1.29, 1.82) is 5.53 Å². The first kappa shape index (κ1) is 28.4. The predicted molar refractivity (Wildman–Crippen MR) is 142 cm³/mol. The molecule has 0 spiro atoms. The van der Waals surface area contributed by atoms with Gasteiger partial charge in [0.1, 0.15) is 28.6 Å². The Morgan fingerprint density at radius 2 is 1.59 bits per heavy atom. The molecule has 214 valence electrons. The second-order valence-electron chi connectivity index (χ2n) is 9.23. The number of rotatable bonds is 9. The molecule has 1 fully saturated rings. The first-order valence-corrected chi connectivity index (χ1v) is 14.9. The third kappa shape index (κ3) is 5.72. The van der Waals surface area contributed by atoms with Gasteiger partial charge in [-0.1, -0.05) is 35.4 Å². The van der Waals surface area contributed by atoms with Crippen LogP contribution in [0.4, 0.5) is 5.82 Å². The molecule has 0 radical (unpaired) electrons. The Hall–Kier alpha value is -4.12. The van der Waals surface area contributed by atoms with E-state index in [1.807, 2.05) is 6.92 Å². The fraction of sp³-hybridized carbons (Fsp3) is 0.292. The summed E-state index contributed by atoms with van der Waals surface area (Å²) >= 11 is 0. The molecule has 4 unspecified atom stereocenters. The molecule has 17 heteroatoms. The number of ether oxygens (including phenoxy) is 1. The fourth-order valence-corrected chi connectivity index (χ4v) is 6.28. The average Bonchev–Trinajstić information content (AvgIpc) is 3.50. The van der Waals surface area contributed by atoms with Gasteiger partial charge in [-0.25, -0.2) is 15.0 Å². The number of nitrogens with zero attached hydrogens (tertiary/aromatic N) is 6. The van der Waals surface area contributed by atoms with Gasteiger partial charge in [0.25, 0.3) is 20.2 Å². The summed E-state index contributed by atoms with van der Waals surface area (Å²) in [5.41, 5.74) is 15.4. The van der Waals surface area contributed by atoms with Crippen LogP contribution in [-0.2, 0) is 33.3 Å². The number of aryl methyl sites for hydroxylation is 2. The highest BCUT2D eigenvalue weighted by Gasteiger charge is 2.53. The van der Waals surface area contributed by atoms with E-state index in [1.165, 1.54) is 41.5 Å². The van der Waals surface area contributed by atoms with Crippen molar-refractivity contribution in [3.63, 3.8) is 0 Å². The fourth-order valence-electron chi connectivity index (χ4n) is 4.28. The number of nitrogen functional groups attached to an aromatic ring is 1. The quantitative estimate of drug-likeness (QED) is 0.161. The van der Waals surface area contributed by atoms with Crippen LogP contribution >= 0.6 is 0 Å². The van der Waals surface area contributed by atoms with Gasteiger partial charge in [-0.15, -0.1) is 0 Å². The van der Waals surface area contributed by atoms with Crippen molar-refractivity contribution in [1.82, 2.24) is 24.4 Å². The van der Waals surface area contributed by atoms with Gasteiger partial charge >= 0.3 is 0 Å². The van der Waals surface area contributed by atoms with Crippen molar-refractivity contribution < 1.29 is 29.9 Å². The number of nitrogens with two attached hydrogens (primary N) is 1. The van der Waals surface area contributed by atoms with Crippen molar-refractivity contribution in [2.45, 2.75) is 48.1 Å². The van der Waals surface area contributed by atoms with E-state index in [0.717, 1.165) is 11.1 Å². The van der Waals surface area contributed by atoms with Crippen molar-refractivity contribution in [2.75, 3.05) is 12.3 Å². The van der Waals surface area contributed by atoms with Crippen molar-refractivity contribution in [2.24, 2.45) is 5.11 Å². The van der Waals surface area contributed by atoms with Gasteiger partial charge in [0.15, 0.2) is 29.8 Å². The second-order valence-corrected chi connectivity index (χ2v) is 12.4. The summed E-state index contributed by atoms with van der Waals surface area (Å²) in [6.45, 7) is 3.02. The minimum Gasteiger partial charge on any atom is -0.382 e. The SMILES string of the molecule is Cc1ccc(S(=O)(=O)OCC2OC(n3cnc4c(N)ncnc43)C(OS(=O)(=O)c3ccc(C)cc3)C2N=[N+]=N)cc1. The molecule has 15 nitrogen and oxygen atoms in total. The number of hydrogen-bond acceptors (Lipinski definition) is 13. The Kier molecular flexibility index (Phi) is 7.65. The number of benzene rings is 2. The Morgan fingerprint density at radius 1 is 0.976 bits per heavy atom. The summed E-state index contributed by atoms with van der Waals surface area (Å²) < 4.78 is 70.8. The Morgan fingerprint density at radius 3 is 2.20 bits per heavy atom. The molecule has 2 aromatic carbocycles. The van der Waals surface area contributed by atoms with Crippen LogP contribution in [0.1, 0.15) is 17.4 Å². The molecular weight excluding hydrogens is 576 g/mol. The predicted octanol–water partition coefficient (Wildman–Crippen LogP) is 2.02. The molecule has 0 amide bonds. The maximum absolute atomic E-state index is 13.3.